The van der Waals surface area contributed by atoms with Crippen molar-refractivity contribution in [2.24, 2.45) is 11.8 Å². The number of rotatable bonds is 3. The summed E-state index contributed by atoms with van der Waals surface area (Å²) in [6, 6.07) is 0.00872. The molecule has 0 radical (unpaired) electrons. The molecule has 19 heavy (non-hydrogen) atoms. The van der Waals surface area contributed by atoms with E-state index in [1.54, 1.807) is 0 Å². The Kier molecular flexibility index (Phi) is 4.66. The molecule has 0 unspecified atom stereocenters. The van der Waals surface area contributed by atoms with Crippen LogP contribution < -0.4 is 5.32 Å². The number of carbonyl (C=O) groups is 2. The summed E-state index contributed by atoms with van der Waals surface area (Å²) in [6.45, 7) is 7.76. The normalized spacial score (nSPS) is 20.4. The van der Waals surface area contributed by atoms with Gasteiger partial charge in [-0.15, -0.1) is 0 Å². The lowest BCUT2D eigenvalue weighted by Crippen LogP contribution is -2.43. The van der Waals surface area contributed by atoms with Gasteiger partial charge in [0.25, 0.3) is 0 Å². The third-order valence-electron chi connectivity index (χ3n) is 3.68. The first-order chi connectivity index (χ1) is 9.08. The van der Waals surface area contributed by atoms with Crippen LogP contribution in [0.25, 0.3) is 0 Å². The average molecular weight is 267 g/mol. The summed E-state index contributed by atoms with van der Waals surface area (Å²) in [7, 11) is 0. The Hall–Kier alpha value is -1.26. The lowest BCUT2D eigenvalue weighted by atomic mass is 10.2. The minimum atomic E-state index is 0.00872. The van der Waals surface area contributed by atoms with Crippen molar-refractivity contribution >= 4 is 11.9 Å². The molecule has 2 rings (SSSR count). The fourth-order valence-electron chi connectivity index (χ4n) is 2.33. The van der Waals surface area contributed by atoms with Gasteiger partial charge in [0.1, 0.15) is 0 Å². The standard InChI is InChI=1S/C14H25N3O2/c1-11(2)10-15-14(19)17-7-3-6-16(8-9-17)13(18)12-4-5-12/h11-12H,3-10H2,1-2H3,(H,15,19). The smallest absolute Gasteiger partial charge is 0.317 e. The quantitative estimate of drug-likeness (QED) is 0.838. The zero-order chi connectivity index (χ0) is 13.8. The summed E-state index contributed by atoms with van der Waals surface area (Å²) >= 11 is 0. The topological polar surface area (TPSA) is 52.7 Å². The van der Waals surface area contributed by atoms with Crippen molar-refractivity contribution in [3.05, 3.63) is 0 Å². The van der Waals surface area contributed by atoms with Crippen molar-refractivity contribution in [2.45, 2.75) is 33.1 Å². The third kappa shape index (κ3) is 4.11. The predicted molar refractivity (Wildman–Crippen MR) is 73.7 cm³/mol. The van der Waals surface area contributed by atoms with Gasteiger partial charge >= 0.3 is 6.03 Å². The second-order valence-corrected chi connectivity index (χ2v) is 6.02. The molecular weight excluding hydrogens is 242 g/mol. The lowest BCUT2D eigenvalue weighted by molar-refractivity contribution is -0.132. The van der Waals surface area contributed by atoms with Crippen LogP contribution in [0.15, 0.2) is 0 Å². The molecule has 2 aliphatic rings. The molecule has 0 aromatic rings. The number of urea groups is 1. The number of nitrogens with zero attached hydrogens (tertiary/aromatic N) is 2. The maximum absolute atomic E-state index is 12.0. The Labute approximate surface area is 115 Å². The zero-order valence-electron chi connectivity index (χ0n) is 12.0. The maximum atomic E-state index is 12.0. The van der Waals surface area contributed by atoms with E-state index >= 15 is 0 Å². The second-order valence-electron chi connectivity index (χ2n) is 6.02. The zero-order valence-corrected chi connectivity index (χ0v) is 12.0. The van der Waals surface area contributed by atoms with Crippen LogP contribution in [0.5, 0.6) is 0 Å². The van der Waals surface area contributed by atoms with E-state index in [1.807, 2.05) is 9.80 Å². The van der Waals surface area contributed by atoms with Gasteiger partial charge in [-0.1, -0.05) is 13.8 Å². The minimum Gasteiger partial charge on any atom is -0.341 e. The molecule has 1 heterocycles. The average Bonchev–Trinajstić information content (AvgIpc) is 3.20. The van der Waals surface area contributed by atoms with Crippen molar-refractivity contribution in [3.63, 3.8) is 0 Å². The van der Waals surface area contributed by atoms with E-state index in [-0.39, 0.29) is 11.9 Å². The molecule has 5 heteroatoms. The molecule has 5 nitrogen and oxygen atoms in total. The predicted octanol–water partition coefficient (Wildman–Crippen LogP) is 1.30. The van der Waals surface area contributed by atoms with E-state index in [0.717, 1.165) is 32.4 Å². The van der Waals surface area contributed by atoms with Crippen LogP contribution in [-0.2, 0) is 4.79 Å². The molecule has 1 N–H and O–H groups in total. The van der Waals surface area contributed by atoms with Crippen LogP contribution in [0, 0.1) is 11.8 Å². The Bertz CT molecular complexity index is 340. The number of amides is 3. The molecule has 3 amide bonds. The maximum Gasteiger partial charge on any atom is 0.317 e. The number of hydrogen-bond donors (Lipinski definition) is 1. The Balaban J connectivity index is 1.78. The molecule has 2 fully saturated rings. The summed E-state index contributed by atoms with van der Waals surface area (Å²) in [6.07, 6.45) is 2.98. The molecule has 1 aliphatic carbocycles. The van der Waals surface area contributed by atoms with Crippen molar-refractivity contribution < 1.29 is 9.59 Å². The van der Waals surface area contributed by atoms with Crippen molar-refractivity contribution in [2.75, 3.05) is 32.7 Å². The lowest BCUT2D eigenvalue weighted by Gasteiger charge is -2.23. The fourth-order valence-corrected chi connectivity index (χ4v) is 2.33. The van der Waals surface area contributed by atoms with Crippen molar-refractivity contribution in [1.82, 2.24) is 15.1 Å². The highest BCUT2D eigenvalue weighted by atomic mass is 16.2. The molecule has 0 aromatic carbocycles. The molecular formula is C14H25N3O2. The molecule has 1 saturated heterocycles. The van der Waals surface area contributed by atoms with E-state index < -0.39 is 0 Å². The van der Waals surface area contributed by atoms with Gasteiger partial charge in [0.05, 0.1) is 0 Å². The molecule has 1 aliphatic heterocycles. The highest BCUT2D eigenvalue weighted by Crippen LogP contribution is 2.31. The van der Waals surface area contributed by atoms with Gasteiger partial charge in [0, 0.05) is 38.6 Å². The van der Waals surface area contributed by atoms with Crippen LogP contribution in [-0.4, -0.2) is 54.5 Å². The SMILES string of the molecule is CC(C)CNC(=O)N1CCCN(C(=O)C2CC2)CC1. The molecule has 0 spiro atoms. The first kappa shape index (κ1) is 14.2. The minimum absolute atomic E-state index is 0.00872. The van der Waals surface area contributed by atoms with Crippen LogP contribution >= 0.6 is 0 Å². The van der Waals surface area contributed by atoms with Crippen molar-refractivity contribution in [1.29, 1.82) is 0 Å². The first-order valence-electron chi connectivity index (χ1n) is 7.39. The summed E-state index contributed by atoms with van der Waals surface area (Å²) in [5.74, 6) is 1.04. The first-order valence-corrected chi connectivity index (χ1v) is 7.39. The Morgan fingerprint density at radius 3 is 2.37 bits per heavy atom. The van der Waals surface area contributed by atoms with Crippen LogP contribution in [0.4, 0.5) is 4.79 Å². The van der Waals surface area contributed by atoms with E-state index in [4.69, 9.17) is 0 Å². The Morgan fingerprint density at radius 2 is 1.74 bits per heavy atom. The van der Waals surface area contributed by atoms with E-state index in [0.29, 0.717) is 31.5 Å². The van der Waals surface area contributed by atoms with Gasteiger partial charge in [0.15, 0.2) is 0 Å². The van der Waals surface area contributed by atoms with Gasteiger partial charge in [-0.2, -0.15) is 0 Å². The van der Waals surface area contributed by atoms with Gasteiger partial charge < -0.3 is 15.1 Å². The largest absolute Gasteiger partial charge is 0.341 e. The highest BCUT2D eigenvalue weighted by molar-refractivity contribution is 5.81. The number of carbonyl (C=O) groups excluding carboxylic acids is 2. The molecule has 108 valence electrons. The second kappa shape index (κ2) is 6.26. The van der Waals surface area contributed by atoms with E-state index in [1.165, 1.54) is 0 Å². The third-order valence-corrected chi connectivity index (χ3v) is 3.68. The van der Waals surface area contributed by atoms with Crippen LogP contribution in [0.3, 0.4) is 0 Å². The van der Waals surface area contributed by atoms with Gasteiger partial charge in [-0.25, -0.2) is 4.79 Å². The number of nitrogens with one attached hydrogen (secondary N) is 1. The Morgan fingerprint density at radius 1 is 1.11 bits per heavy atom. The molecule has 0 aromatic heterocycles. The van der Waals surface area contributed by atoms with Gasteiger partial charge in [-0.05, 0) is 25.2 Å². The fraction of sp³-hybridized carbons (Fsp3) is 0.857. The monoisotopic (exact) mass is 267 g/mol. The summed E-state index contributed by atoms with van der Waals surface area (Å²) in [4.78, 5) is 27.8. The van der Waals surface area contributed by atoms with Gasteiger partial charge in [0.2, 0.25) is 5.91 Å². The number of hydrogen-bond acceptors (Lipinski definition) is 2. The summed E-state index contributed by atoms with van der Waals surface area (Å²) in [5, 5.41) is 2.94. The van der Waals surface area contributed by atoms with E-state index in [2.05, 4.69) is 19.2 Å². The van der Waals surface area contributed by atoms with Crippen LogP contribution in [0.2, 0.25) is 0 Å². The van der Waals surface area contributed by atoms with Crippen LogP contribution in [0.1, 0.15) is 33.1 Å². The molecule has 0 bridgehead atoms. The molecule has 0 atom stereocenters. The van der Waals surface area contributed by atoms with Gasteiger partial charge in [-0.3, -0.25) is 4.79 Å². The summed E-state index contributed by atoms with van der Waals surface area (Å²) < 4.78 is 0. The van der Waals surface area contributed by atoms with Crippen molar-refractivity contribution in [3.8, 4) is 0 Å². The molecule has 1 saturated carbocycles. The van der Waals surface area contributed by atoms with E-state index in [9.17, 15) is 9.59 Å². The summed E-state index contributed by atoms with van der Waals surface area (Å²) in [5.41, 5.74) is 0. The highest BCUT2D eigenvalue weighted by Gasteiger charge is 2.34.